The minimum absolute atomic E-state index is 0.215. The quantitative estimate of drug-likeness (QED) is 0.792. The molecule has 1 heterocycles. The Morgan fingerprint density at radius 1 is 0.923 bits per heavy atom. The number of para-hydroxylation sites is 1. The van der Waals surface area contributed by atoms with Gasteiger partial charge in [-0.3, -0.25) is 4.90 Å². The normalized spacial score (nSPS) is 17.7. The molecule has 140 valence electrons. The monoisotopic (exact) mass is 376 g/mol. The molecule has 0 amide bonds. The zero-order chi connectivity index (χ0) is 18.4. The van der Waals surface area contributed by atoms with Crippen LogP contribution in [0.25, 0.3) is 0 Å². The molecule has 1 N–H and O–H groups in total. The maximum absolute atomic E-state index is 12.6. The number of hydrogen-bond acceptors (Lipinski definition) is 5. The molecular weight excluding hydrogens is 352 g/mol. The van der Waals surface area contributed by atoms with Crippen molar-refractivity contribution < 1.29 is 18.3 Å². The maximum atomic E-state index is 12.6. The number of β-amino-alcohol motifs (C(OH)–C–C–N with tert-alkyl or cyclic N) is 1. The number of aliphatic hydroxyl groups is 1. The Kier molecular flexibility index (Phi) is 6.26. The zero-order valence-corrected chi connectivity index (χ0v) is 15.4. The first-order valence-corrected chi connectivity index (χ1v) is 10.1. The van der Waals surface area contributed by atoms with Gasteiger partial charge >= 0.3 is 0 Å². The SMILES string of the molecule is O=S(=O)(c1ccccc1)N1CCN(CC(O)COc2ccccc2)CC1. The summed E-state index contributed by atoms with van der Waals surface area (Å²) in [5.41, 5.74) is 0. The van der Waals surface area contributed by atoms with Gasteiger partial charge in [-0.1, -0.05) is 36.4 Å². The Bertz CT molecular complexity index is 776. The van der Waals surface area contributed by atoms with Gasteiger partial charge in [0.15, 0.2) is 0 Å². The molecule has 7 heteroatoms. The van der Waals surface area contributed by atoms with E-state index in [1.165, 1.54) is 4.31 Å². The van der Waals surface area contributed by atoms with E-state index in [2.05, 4.69) is 4.90 Å². The predicted molar refractivity (Wildman–Crippen MR) is 99.6 cm³/mol. The van der Waals surface area contributed by atoms with Crippen molar-refractivity contribution >= 4 is 10.0 Å². The van der Waals surface area contributed by atoms with Gasteiger partial charge in [-0.15, -0.1) is 0 Å². The van der Waals surface area contributed by atoms with E-state index in [0.29, 0.717) is 37.6 Å². The third kappa shape index (κ3) is 4.82. The number of sulfonamides is 1. The highest BCUT2D eigenvalue weighted by molar-refractivity contribution is 7.89. The van der Waals surface area contributed by atoms with Crippen molar-refractivity contribution in [3.63, 3.8) is 0 Å². The van der Waals surface area contributed by atoms with Crippen molar-refractivity contribution in [2.45, 2.75) is 11.0 Å². The number of ether oxygens (including phenoxy) is 1. The molecule has 1 saturated heterocycles. The molecule has 1 unspecified atom stereocenters. The number of nitrogens with zero attached hydrogens (tertiary/aromatic N) is 2. The van der Waals surface area contributed by atoms with Gasteiger partial charge < -0.3 is 9.84 Å². The Morgan fingerprint density at radius 2 is 1.50 bits per heavy atom. The molecule has 1 aliphatic heterocycles. The molecule has 1 fully saturated rings. The molecule has 0 spiro atoms. The summed E-state index contributed by atoms with van der Waals surface area (Å²) in [7, 11) is -3.44. The van der Waals surface area contributed by atoms with Crippen molar-refractivity contribution in [1.29, 1.82) is 0 Å². The van der Waals surface area contributed by atoms with Crippen LogP contribution in [0, 0.1) is 0 Å². The molecule has 6 nitrogen and oxygen atoms in total. The first kappa shape index (κ1) is 18.8. The van der Waals surface area contributed by atoms with Gasteiger partial charge in [0.25, 0.3) is 0 Å². The second-order valence-electron chi connectivity index (χ2n) is 6.30. The van der Waals surface area contributed by atoms with Crippen LogP contribution in [0.5, 0.6) is 5.75 Å². The molecule has 2 aromatic carbocycles. The fraction of sp³-hybridized carbons (Fsp3) is 0.368. The highest BCUT2D eigenvalue weighted by atomic mass is 32.2. The molecule has 0 bridgehead atoms. The Hall–Kier alpha value is -1.93. The van der Waals surface area contributed by atoms with Crippen LogP contribution in [0.3, 0.4) is 0 Å². The van der Waals surface area contributed by atoms with Crippen molar-refractivity contribution in [1.82, 2.24) is 9.21 Å². The molecule has 0 saturated carbocycles. The van der Waals surface area contributed by atoms with E-state index in [1.54, 1.807) is 30.3 Å². The van der Waals surface area contributed by atoms with Gasteiger partial charge in [0.2, 0.25) is 10.0 Å². The Balaban J connectivity index is 1.46. The molecular formula is C19H24N2O4S. The number of rotatable bonds is 7. The highest BCUT2D eigenvalue weighted by Gasteiger charge is 2.28. The average Bonchev–Trinajstić information content (AvgIpc) is 2.68. The van der Waals surface area contributed by atoms with Crippen LogP contribution in [0.15, 0.2) is 65.6 Å². The van der Waals surface area contributed by atoms with Crippen LogP contribution in [0.2, 0.25) is 0 Å². The lowest BCUT2D eigenvalue weighted by Gasteiger charge is -2.34. The van der Waals surface area contributed by atoms with Crippen LogP contribution in [0.4, 0.5) is 0 Å². The second kappa shape index (κ2) is 8.64. The molecule has 0 aromatic heterocycles. The molecule has 2 aromatic rings. The highest BCUT2D eigenvalue weighted by Crippen LogP contribution is 2.17. The van der Waals surface area contributed by atoms with E-state index >= 15 is 0 Å². The molecule has 1 atom stereocenters. The molecule has 3 rings (SSSR count). The zero-order valence-electron chi connectivity index (χ0n) is 14.6. The molecule has 0 radical (unpaired) electrons. The summed E-state index contributed by atoms with van der Waals surface area (Å²) >= 11 is 0. The van der Waals surface area contributed by atoms with Crippen molar-refractivity contribution in [3.05, 3.63) is 60.7 Å². The third-order valence-corrected chi connectivity index (χ3v) is 6.28. The van der Waals surface area contributed by atoms with Crippen molar-refractivity contribution in [2.75, 3.05) is 39.3 Å². The third-order valence-electron chi connectivity index (χ3n) is 4.37. The number of piperazine rings is 1. The van der Waals surface area contributed by atoms with Crippen LogP contribution >= 0.6 is 0 Å². The summed E-state index contributed by atoms with van der Waals surface area (Å²) in [6.45, 7) is 2.70. The number of hydrogen-bond donors (Lipinski definition) is 1. The van der Waals surface area contributed by atoms with E-state index in [4.69, 9.17) is 4.74 Å². The molecule has 1 aliphatic rings. The van der Waals surface area contributed by atoms with Crippen LogP contribution in [-0.4, -0.2) is 68.2 Å². The van der Waals surface area contributed by atoms with Crippen LogP contribution in [0.1, 0.15) is 0 Å². The summed E-state index contributed by atoms with van der Waals surface area (Å²) in [6, 6.07) is 17.9. The Labute approximate surface area is 154 Å². The number of benzene rings is 2. The first-order chi connectivity index (χ1) is 12.6. The standard InChI is InChI=1S/C19H24N2O4S/c22-17(16-25-18-7-3-1-4-8-18)15-20-11-13-21(14-12-20)26(23,24)19-9-5-2-6-10-19/h1-10,17,22H,11-16H2. The van der Waals surface area contributed by atoms with Crippen molar-refractivity contribution in [2.24, 2.45) is 0 Å². The summed E-state index contributed by atoms with van der Waals surface area (Å²) in [4.78, 5) is 2.39. The van der Waals surface area contributed by atoms with E-state index in [-0.39, 0.29) is 6.61 Å². The smallest absolute Gasteiger partial charge is 0.243 e. The Morgan fingerprint density at radius 3 is 2.12 bits per heavy atom. The lowest BCUT2D eigenvalue weighted by molar-refractivity contribution is 0.0569. The fourth-order valence-corrected chi connectivity index (χ4v) is 4.40. The largest absolute Gasteiger partial charge is 0.491 e. The molecule has 26 heavy (non-hydrogen) atoms. The van der Waals surface area contributed by atoms with Gasteiger partial charge in [-0.2, -0.15) is 4.31 Å². The maximum Gasteiger partial charge on any atom is 0.243 e. The van der Waals surface area contributed by atoms with Gasteiger partial charge in [-0.05, 0) is 24.3 Å². The van der Waals surface area contributed by atoms with Crippen LogP contribution in [-0.2, 0) is 10.0 Å². The topological polar surface area (TPSA) is 70.1 Å². The average molecular weight is 376 g/mol. The van der Waals surface area contributed by atoms with E-state index in [9.17, 15) is 13.5 Å². The minimum atomic E-state index is -3.44. The second-order valence-corrected chi connectivity index (χ2v) is 8.23. The lowest BCUT2D eigenvalue weighted by atomic mass is 10.3. The van der Waals surface area contributed by atoms with Gasteiger partial charge in [0.05, 0.1) is 4.90 Å². The lowest BCUT2D eigenvalue weighted by Crippen LogP contribution is -2.50. The van der Waals surface area contributed by atoms with E-state index in [1.807, 2.05) is 30.3 Å². The van der Waals surface area contributed by atoms with Gasteiger partial charge in [0.1, 0.15) is 18.5 Å². The summed E-state index contributed by atoms with van der Waals surface area (Å²) in [6.07, 6.45) is -0.618. The van der Waals surface area contributed by atoms with E-state index < -0.39 is 16.1 Å². The van der Waals surface area contributed by atoms with Crippen molar-refractivity contribution in [3.8, 4) is 5.75 Å². The first-order valence-electron chi connectivity index (χ1n) is 8.69. The summed E-state index contributed by atoms with van der Waals surface area (Å²) in [5.74, 6) is 0.727. The number of aliphatic hydroxyl groups excluding tert-OH is 1. The molecule has 0 aliphatic carbocycles. The van der Waals surface area contributed by atoms with Crippen LogP contribution < -0.4 is 4.74 Å². The van der Waals surface area contributed by atoms with Gasteiger partial charge in [-0.25, -0.2) is 8.42 Å². The van der Waals surface area contributed by atoms with E-state index in [0.717, 1.165) is 5.75 Å². The minimum Gasteiger partial charge on any atom is -0.491 e. The van der Waals surface area contributed by atoms with Gasteiger partial charge in [0, 0.05) is 32.7 Å². The summed E-state index contributed by atoms with van der Waals surface area (Å²) < 4.78 is 32.3. The predicted octanol–water partition coefficient (Wildman–Crippen LogP) is 1.43. The fourth-order valence-electron chi connectivity index (χ4n) is 2.95. The summed E-state index contributed by atoms with van der Waals surface area (Å²) in [5, 5.41) is 10.2.